The van der Waals surface area contributed by atoms with Crippen LogP contribution in [0.3, 0.4) is 0 Å². The van der Waals surface area contributed by atoms with E-state index < -0.39 is 6.10 Å². The molecule has 23 heavy (non-hydrogen) atoms. The van der Waals surface area contributed by atoms with Gasteiger partial charge < -0.3 is 14.6 Å². The van der Waals surface area contributed by atoms with E-state index in [4.69, 9.17) is 4.74 Å². The number of hydrogen-bond donors (Lipinski definition) is 1. The van der Waals surface area contributed by atoms with Crippen molar-refractivity contribution in [2.24, 2.45) is 0 Å². The van der Waals surface area contributed by atoms with Gasteiger partial charge in [-0.1, -0.05) is 56.9 Å². The normalized spacial score (nSPS) is 21.9. The Morgan fingerprint density at radius 3 is 2.70 bits per heavy atom. The lowest BCUT2D eigenvalue weighted by atomic mass is 10.1. The van der Waals surface area contributed by atoms with Gasteiger partial charge in [-0.3, -0.25) is 4.79 Å². The topological polar surface area (TPSA) is 59.1 Å². The number of methoxy groups -OCH3 is 1. The van der Waals surface area contributed by atoms with Crippen molar-refractivity contribution < 1.29 is 19.4 Å². The van der Waals surface area contributed by atoms with Gasteiger partial charge in [0.25, 0.3) is 0 Å². The van der Waals surface area contributed by atoms with Crippen LogP contribution >= 0.6 is 0 Å². The molecule has 0 radical (unpaired) electrons. The summed E-state index contributed by atoms with van der Waals surface area (Å²) in [6.07, 6.45) is 16.8. The van der Waals surface area contributed by atoms with E-state index in [1.54, 1.807) is 0 Å². The number of hydrogen-bond acceptors (Lipinski definition) is 4. The Labute approximate surface area is 140 Å². The maximum Gasteiger partial charge on any atom is 0.305 e. The summed E-state index contributed by atoms with van der Waals surface area (Å²) in [5, 5.41) is 9.77. The fourth-order valence-electron chi connectivity index (χ4n) is 2.52. The lowest BCUT2D eigenvalue weighted by molar-refractivity contribution is -0.140. The van der Waals surface area contributed by atoms with E-state index in [9.17, 15) is 9.90 Å². The third-order valence-electron chi connectivity index (χ3n) is 4.02. The maximum atomic E-state index is 11.0. The lowest BCUT2D eigenvalue weighted by Crippen LogP contribution is -2.01. The monoisotopic (exact) mass is 324 g/mol. The summed E-state index contributed by atoms with van der Waals surface area (Å²) in [6.45, 7) is 2.08. The molecule has 1 aliphatic rings. The average Bonchev–Trinajstić information content (AvgIpc) is 3.30. The predicted molar refractivity (Wildman–Crippen MR) is 92.2 cm³/mol. The molecule has 0 aromatic heterocycles. The van der Waals surface area contributed by atoms with Crippen molar-refractivity contribution in [2.45, 2.75) is 83.0 Å². The molecule has 0 aromatic carbocycles. The van der Waals surface area contributed by atoms with E-state index in [1.807, 2.05) is 18.2 Å². The number of epoxide rings is 1. The Bertz CT molecular complexity index is 376. The Kier molecular flexibility index (Phi) is 10.7. The molecule has 1 saturated heterocycles. The van der Waals surface area contributed by atoms with Crippen LogP contribution in [-0.2, 0) is 14.3 Å². The highest BCUT2D eigenvalue weighted by atomic mass is 16.6. The van der Waals surface area contributed by atoms with E-state index in [2.05, 4.69) is 17.7 Å². The SMILES string of the molecule is CC/C=C\C[C@H](O)/C=C/[C@H]1O[C@H]1CCCCCCCC(=O)OC. The molecular weight excluding hydrogens is 292 g/mol. The third kappa shape index (κ3) is 10.3. The van der Waals surface area contributed by atoms with Gasteiger partial charge in [-0.25, -0.2) is 0 Å². The second-order valence-corrected chi connectivity index (χ2v) is 6.09. The van der Waals surface area contributed by atoms with Crippen LogP contribution in [0.25, 0.3) is 0 Å². The molecule has 0 aliphatic carbocycles. The second-order valence-electron chi connectivity index (χ2n) is 6.09. The molecule has 4 heteroatoms. The second kappa shape index (κ2) is 12.3. The molecule has 0 bridgehead atoms. The van der Waals surface area contributed by atoms with E-state index in [1.165, 1.54) is 13.5 Å². The number of carbonyl (C=O) groups excluding carboxylic acids is 1. The third-order valence-corrected chi connectivity index (χ3v) is 4.02. The zero-order valence-electron chi connectivity index (χ0n) is 14.6. The van der Waals surface area contributed by atoms with Gasteiger partial charge in [-0.05, 0) is 25.7 Å². The van der Waals surface area contributed by atoms with E-state index in [0.717, 1.165) is 38.5 Å². The van der Waals surface area contributed by atoms with E-state index in [0.29, 0.717) is 18.9 Å². The summed E-state index contributed by atoms with van der Waals surface area (Å²) in [4.78, 5) is 11.0. The summed E-state index contributed by atoms with van der Waals surface area (Å²) in [5.74, 6) is -0.113. The van der Waals surface area contributed by atoms with Crippen LogP contribution in [0.1, 0.15) is 64.7 Å². The fourth-order valence-corrected chi connectivity index (χ4v) is 2.52. The summed E-state index contributed by atoms with van der Waals surface area (Å²) in [5.41, 5.74) is 0. The first-order chi connectivity index (χ1) is 11.2. The highest BCUT2D eigenvalue weighted by Crippen LogP contribution is 2.28. The van der Waals surface area contributed by atoms with Gasteiger partial charge in [-0.2, -0.15) is 0 Å². The Morgan fingerprint density at radius 2 is 1.96 bits per heavy atom. The van der Waals surface area contributed by atoms with Crippen LogP contribution in [0.4, 0.5) is 0 Å². The van der Waals surface area contributed by atoms with Crippen LogP contribution in [0.5, 0.6) is 0 Å². The van der Waals surface area contributed by atoms with E-state index in [-0.39, 0.29) is 12.1 Å². The summed E-state index contributed by atoms with van der Waals surface area (Å²) in [7, 11) is 1.43. The van der Waals surface area contributed by atoms with Crippen molar-refractivity contribution >= 4 is 5.97 Å². The molecule has 0 aromatic rings. The van der Waals surface area contributed by atoms with Crippen molar-refractivity contribution in [1.82, 2.24) is 0 Å². The molecule has 3 atom stereocenters. The van der Waals surface area contributed by atoms with E-state index >= 15 is 0 Å². The smallest absolute Gasteiger partial charge is 0.305 e. The molecule has 1 heterocycles. The predicted octanol–water partition coefficient (Wildman–Crippen LogP) is 3.93. The van der Waals surface area contributed by atoms with Gasteiger partial charge in [0.1, 0.15) is 6.10 Å². The first-order valence-corrected chi connectivity index (χ1v) is 8.91. The van der Waals surface area contributed by atoms with Gasteiger partial charge in [-0.15, -0.1) is 0 Å². The largest absolute Gasteiger partial charge is 0.469 e. The average molecular weight is 324 g/mol. The minimum Gasteiger partial charge on any atom is -0.469 e. The van der Waals surface area contributed by atoms with Gasteiger partial charge in [0.15, 0.2) is 0 Å². The van der Waals surface area contributed by atoms with Crippen LogP contribution in [-0.4, -0.2) is 36.5 Å². The number of aliphatic hydroxyl groups excluding tert-OH is 1. The van der Waals surface area contributed by atoms with Crippen molar-refractivity contribution in [3.8, 4) is 0 Å². The Morgan fingerprint density at radius 1 is 1.22 bits per heavy atom. The first-order valence-electron chi connectivity index (χ1n) is 8.91. The Hall–Kier alpha value is -1.13. The maximum absolute atomic E-state index is 11.0. The van der Waals surface area contributed by atoms with Crippen molar-refractivity contribution in [3.63, 3.8) is 0 Å². The zero-order chi connectivity index (χ0) is 16.9. The minimum atomic E-state index is -0.405. The molecule has 1 aliphatic heterocycles. The van der Waals surface area contributed by atoms with Crippen molar-refractivity contribution in [1.29, 1.82) is 0 Å². The number of rotatable bonds is 13. The number of unbranched alkanes of at least 4 members (excludes halogenated alkanes) is 4. The Balaban J connectivity index is 1.94. The molecule has 1 N–H and O–H groups in total. The molecule has 0 amide bonds. The van der Waals surface area contributed by atoms with Crippen LogP contribution < -0.4 is 0 Å². The van der Waals surface area contributed by atoms with Gasteiger partial charge >= 0.3 is 5.97 Å². The minimum absolute atomic E-state index is 0.113. The summed E-state index contributed by atoms with van der Waals surface area (Å²) >= 11 is 0. The molecular formula is C19H32O4. The summed E-state index contributed by atoms with van der Waals surface area (Å²) in [6, 6.07) is 0. The summed E-state index contributed by atoms with van der Waals surface area (Å²) < 4.78 is 10.2. The standard InChI is InChI=1S/C19H32O4/c1-3-4-8-11-16(20)14-15-18-17(23-18)12-9-6-5-7-10-13-19(21)22-2/h4,8,14-18,20H,3,5-7,9-13H2,1-2H3/b8-4-,15-14+/t16-,17-,18+/m0/s1. The molecule has 0 saturated carbocycles. The number of esters is 1. The molecule has 1 fully saturated rings. The highest BCUT2D eigenvalue weighted by Gasteiger charge is 2.35. The van der Waals surface area contributed by atoms with Crippen LogP contribution in [0.15, 0.2) is 24.3 Å². The molecule has 1 rings (SSSR count). The molecule has 0 unspecified atom stereocenters. The first kappa shape index (κ1) is 19.9. The zero-order valence-corrected chi connectivity index (χ0v) is 14.6. The van der Waals surface area contributed by atoms with Gasteiger partial charge in [0.2, 0.25) is 0 Å². The number of ether oxygens (including phenoxy) is 2. The number of allylic oxidation sites excluding steroid dienone is 1. The number of carbonyl (C=O) groups is 1. The van der Waals surface area contributed by atoms with Crippen LogP contribution in [0, 0.1) is 0 Å². The molecule has 4 nitrogen and oxygen atoms in total. The highest BCUT2D eigenvalue weighted by molar-refractivity contribution is 5.68. The lowest BCUT2D eigenvalue weighted by Gasteiger charge is -2.00. The fraction of sp³-hybridized carbons (Fsp3) is 0.737. The number of aliphatic hydroxyl groups is 1. The van der Waals surface area contributed by atoms with Gasteiger partial charge in [0, 0.05) is 6.42 Å². The van der Waals surface area contributed by atoms with Crippen molar-refractivity contribution in [3.05, 3.63) is 24.3 Å². The quantitative estimate of drug-likeness (QED) is 0.241. The van der Waals surface area contributed by atoms with Crippen LogP contribution in [0.2, 0.25) is 0 Å². The van der Waals surface area contributed by atoms with Gasteiger partial charge in [0.05, 0.1) is 19.3 Å². The van der Waals surface area contributed by atoms with Crippen molar-refractivity contribution in [2.75, 3.05) is 7.11 Å². The molecule has 0 spiro atoms. The molecule has 132 valence electrons.